The van der Waals surface area contributed by atoms with Gasteiger partial charge in [0.15, 0.2) is 0 Å². The van der Waals surface area contributed by atoms with Crippen LogP contribution < -0.4 is 5.32 Å². The molecular formula is C16H18N2O3S. The number of nitrogens with one attached hydrogen (secondary N) is 1. The smallest absolute Gasteiger partial charge is 0.281 e. The zero-order valence-electron chi connectivity index (χ0n) is 12.4. The maximum atomic E-state index is 12.0. The largest absolute Gasteiger partial charge is 0.459 e. The summed E-state index contributed by atoms with van der Waals surface area (Å²) >= 11 is 1.31. The summed E-state index contributed by atoms with van der Waals surface area (Å²) in [5.74, 6) is 1.48. The molecule has 1 aliphatic rings. The number of para-hydroxylation sites is 1. The fourth-order valence-corrected chi connectivity index (χ4v) is 3.32. The van der Waals surface area contributed by atoms with Gasteiger partial charge in [0.25, 0.3) is 5.24 Å². The summed E-state index contributed by atoms with van der Waals surface area (Å²) in [5.41, 5.74) is 0.818. The molecule has 3 rings (SSSR count). The topological polar surface area (TPSA) is 62.6 Å². The Morgan fingerprint density at radius 3 is 3.00 bits per heavy atom. The van der Waals surface area contributed by atoms with Gasteiger partial charge in [-0.3, -0.25) is 9.59 Å². The van der Waals surface area contributed by atoms with Gasteiger partial charge in [-0.2, -0.15) is 0 Å². The minimum Gasteiger partial charge on any atom is -0.459 e. The van der Waals surface area contributed by atoms with E-state index in [0.717, 1.165) is 29.0 Å². The minimum absolute atomic E-state index is 0.0677. The molecule has 0 aliphatic carbocycles. The van der Waals surface area contributed by atoms with Crippen LogP contribution in [0.25, 0.3) is 11.0 Å². The number of furan rings is 1. The van der Waals surface area contributed by atoms with Crippen molar-refractivity contribution < 1.29 is 14.0 Å². The number of hydrogen-bond acceptors (Lipinski definition) is 4. The Morgan fingerprint density at radius 1 is 1.45 bits per heavy atom. The van der Waals surface area contributed by atoms with Crippen LogP contribution in [0.5, 0.6) is 0 Å². The average Bonchev–Trinajstić information content (AvgIpc) is 3.11. The molecule has 1 aromatic heterocycles. The van der Waals surface area contributed by atoms with Gasteiger partial charge >= 0.3 is 0 Å². The quantitative estimate of drug-likeness (QED) is 0.920. The molecule has 22 heavy (non-hydrogen) atoms. The van der Waals surface area contributed by atoms with Crippen LogP contribution in [0, 0.1) is 0 Å². The normalized spacial score (nSPS) is 16.2. The van der Waals surface area contributed by atoms with Crippen molar-refractivity contribution in [2.24, 2.45) is 0 Å². The van der Waals surface area contributed by atoms with Crippen molar-refractivity contribution in [2.75, 3.05) is 18.8 Å². The summed E-state index contributed by atoms with van der Waals surface area (Å²) in [4.78, 5) is 25.2. The van der Waals surface area contributed by atoms with Crippen molar-refractivity contribution >= 4 is 33.9 Å². The molecule has 0 saturated carbocycles. The maximum Gasteiger partial charge on any atom is 0.281 e. The van der Waals surface area contributed by atoms with Crippen LogP contribution >= 0.6 is 11.8 Å². The Balaban J connectivity index is 1.55. The minimum atomic E-state index is -0.191. The monoisotopic (exact) mass is 318 g/mol. The molecule has 1 atom stereocenters. The molecule has 1 saturated heterocycles. The van der Waals surface area contributed by atoms with Gasteiger partial charge in [0, 0.05) is 30.6 Å². The number of thioether (sulfide) groups is 1. The first-order valence-electron chi connectivity index (χ1n) is 7.33. The second kappa shape index (κ2) is 6.44. The highest BCUT2D eigenvalue weighted by atomic mass is 32.2. The van der Waals surface area contributed by atoms with E-state index in [9.17, 15) is 9.59 Å². The Kier molecular flexibility index (Phi) is 4.38. The van der Waals surface area contributed by atoms with E-state index < -0.39 is 0 Å². The summed E-state index contributed by atoms with van der Waals surface area (Å²) in [5, 5.41) is 4.01. The van der Waals surface area contributed by atoms with E-state index in [1.54, 1.807) is 4.90 Å². The van der Waals surface area contributed by atoms with Crippen molar-refractivity contribution in [1.29, 1.82) is 0 Å². The van der Waals surface area contributed by atoms with E-state index in [-0.39, 0.29) is 17.2 Å². The fraction of sp³-hybridized carbons (Fsp3) is 0.375. The van der Waals surface area contributed by atoms with Gasteiger partial charge in [-0.15, -0.1) is 0 Å². The molecule has 1 N–H and O–H groups in total. The Bertz CT molecular complexity index is 665. The van der Waals surface area contributed by atoms with Crippen LogP contribution in [0.3, 0.4) is 0 Å². The molecular weight excluding hydrogens is 300 g/mol. The Hall–Kier alpha value is -1.95. The molecule has 1 fully saturated rings. The first-order valence-corrected chi connectivity index (χ1v) is 8.31. The third kappa shape index (κ3) is 3.27. The molecule has 0 bridgehead atoms. The lowest BCUT2D eigenvalue weighted by Crippen LogP contribution is -2.32. The molecule has 0 unspecified atom stereocenters. The van der Waals surface area contributed by atoms with Crippen molar-refractivity contribution in [3.05, 3.63) is 36.1 Å². The Labute approximate surface area is 133 Å². The van der Waals surface area contributed by atoms with Crippen LogP contribution in [-0.4, -0.2) is 34.9 Å². The van der Waals surface area contributed by atoms with E-state index in [1.807, 2.05) is 37.3 Å². The van der Waals surface area contributed by atoms with E-state index in [4.69, 9.17) is 4.42 Å². The third-order valence-electron chi connectivity index (χ3n) is 3.70. The molecule has 0 spiro atoms. The van der Waals surface area contributed by atoms with Gasteiger partial charge in [0.2, 0.25) is 5.91 Å². The second-order valence-corrected chi connectivity index (χ2v) is 6.37. The maximum absolute atomic E-state index is 12.0. The van der Waals surface area contributed by atoms with Gasteiger partial charge in [-0.05, 0) is 19.1 Å². The van der Waals surface area contributed by atoms with Gasteiger partial charge in [-0.25, -0.2) is 0 Å². The molecule has 1 aromatic carbocycles. The lowest BCUT2D eigenvalue weighted by atomic mass is 10.2. The van der Waals surface area contributed by atoms with Gasteiger partial charge in [0.05, 0.1) is 6.04 Å². The highest BCUT2D eigenvalue weighted by Crippen LogP contribution is 2.23. The zero-order valence-corrected chi connectivity index (χ0v) is 13.2. The van der Waals surface area contributed by atoms with Crippen LogP contribution in [0.15, 0.2) is 34.7 Å². The number of carbonyl (C=O) groups excluding carboxylic acids is 2. The van der Waals surface area contributed by atoms with Gasteiger partial charge in [-0.1, -0.05) is 30.0 Å². The first-order chi connectivity index (χ1) is 10.6. The lowest BCUT2D eigenvalue weighted by Gasteiger charge is -2.15. The van der Waals surface area contributed by atoms with E-state index >= 15 is 0 Å². The SMILES string of the molecule is C[C@@H](NC(=O)CCN1CCSC1=O)c1cc2ccccc2o1. The second-order valence-electron chi connectivity index (χ2n) is 5.33. The lowest BCUT2D eigenvalue weighted by molar-refractivity contribution is -0.122. The number of rotatable bonds is 5. The van der Waals surface area contributed by atoms with Crippen LogP contribution in [0.4, 0.5) is 4.79 Å². The number of nitrogens with zero attached hydrogens (tertiary/aromatic N) is 1. The third-order valence-corrected chi connectivity index (χ3v) is 4.59. The summed E-state index contributed by atoms with van der Waals surface area (Å²) < 4.78 is 5.74. The number of amides is 2. The Morgan fingerprint density at radius 2 is 2.27 bits per heavy atom. The predicted octanol–water partition coefficient (Wildman–Crippen LogP) is 3.17. The standard InChI is InChI=1S/C16H18N2O3S/c1-11(14-10-12-4-2-3-5-13(12)21-14)17-15(19)6-7-18-8-9-22-16(18)20/h2-5,10-11H,6-9H2,1H3,(H,17,19)/t11-/m1/s1. The van der Waals surface area contributed by atoms with Crippen LogP contribution in [0.2, 0.25) is 0 Å². The van der Waals surface area contributed by atoms with Gasteiger partial charge in [0.1, 0.15) is 11.3 Å². The number of fused-ring (bicyclic) bond motifs is 1. The molecule has 6 heteroatoms. The van der Waals surface area contributed by atoms with Crippen molar-refractivity contribution in [3.63, 3.8) is 0 Å². The highest BCUT2D eigenvalue weighted by molar-refractivity contribution is 8.13. The molecule has 0 radical (unpaired) electrons. The van der Waals surface area contributed by atoms with Crippen molar-refractivity contribution in [3.8, 4) is 0 Å². The molecule has 2 heterocycles. The first kappa shape index (κ1) is 15.0. The number of hydrogen-bond donors (Lipinski definition) is 1. The predicted molar refractivity (Wildman–Crippen MR) is 86.8 cm³/mol. The summed E-state index contributed by atoms with van der Waals surface area (Å²) in [6.45, 7) is 3.10. The highest BCUT2D eigenvalue weighted by Gasteiger charge is 2.22. The van der Waals surface area contributed by atoms with E-state index in [1.165, 1.54) is 11.8 Å². The van der Waals surface area contributed by atoms with E-state index in [2.05, 4.69) is 5.32 Å². The molecule has 2 aromatic rings. The zero-order chi connectivity index (χ0) is 15.5. The molecule has 2 amide bonds. The van der Waals surface area contributed by atoms with Crippen molar-refractivity contribution in [2.45, 2.75) is 19.4 Å². The molecule has 116 valence electrons. The van der Waals surface area contributed by atoms with Crippen LogP contribution in [0.1, 0.15) is 25.1 Å². The average molecular weight is 318 g/mol. The summed E-state index contributed by atoms with van der Waals surface area (Å²) in [7, 11) is 0. The van der Waals surface area contributed by atoms with E-state index in [0.29, 0.717) is 13.0 Å². The van der Waals surface area contributed by atoms with Crippen LogP contribution in [-0.2, 0) is 4.79 Å². The summed E-state index contributed by atoms with van der Waals surface area (Å²) in [6, 6.07) is 9.52. The summed E-state index contributed by atoms with van der Waals surface area (Å²) in [6.07, 6.45) is 0.316. The van der Waals surface area contributed by atoms with Gasteiger partial charge < -0.3 is 14.6 Å². The number of benzene rings is 1. The fourth-order valence-electron chi connectivity index (χ4n) is 2.47. The molecule has 1 aliphatic heterocycles. The van der Waals surface area contributed by atoms with Crippen molar-refractivity contribution in [1.82, 2.24) is 10.2 Å². The number of carbonyl (C=O) groups is 2. The molecule has 5 nitrogen and oxygen atoms in total.